The van der Waals surface area contributed by atoms with Gasteiger partial charge in [0.2, 0.25) is 0 Å². The molecule has 2 unspecified atom stereocenters. The van der Waals surface area contributed by atoms with Gasteiger partial charge in [-0.2, -0.15) is 0 Å². The zero-order valence-corrected chi connectivity index (χ0v) is 17.7. The summed E-state index contributed by atoms with van der Waals surface area (Å²) < 4.78 is 13.2. The number of carbonyl (C=O) groups excluding carboxylic acids is 1. The maximum absolute atomic E-state index is 13.1. The highest BCUT2D eigenvalue weighted by Crippen LogP contribution is 2.43. The molecule has 7 nitrogen and oxygen atoms in total. The Labute approximate surface area is 172 Å². The van der Waals surface area contributed by atoms with Gasteiger partial charge in [-0.05, 0) is 56.9 Å². The molecule has 0 radical (unpaired) electrons. The average molecular weight is 401 g/mol. The Balaban J connectivity index is 1.46. The van der Waals surface area contributed by atoms with Crippen LogP contribution in [0.25, 0.3) is 5.65 Å². The molecule has 1 amide bonds. The molecular weight excluding hydrogens is 368 g/mol. The number of carbonyl (C=O) groups is 1. The van der Waals surface area contributed by atoms with Crippen LogP contribution in [0.4, 0.5) is 0 Å². The molecule has 2 fully saturated rings. The van der Waals surface area contributed by atoms with Crippen molar-refractivity contribution in [2.45, 2.75) is 71.1 Å². The second kappa shape index (κ2) is 8.79. The van der Waals surface area contributed by atoms with E-state index in [1.54, 1.807) is 13.4 Å². The molecule has 1 N–H and O–H groups in total. The lowest BCUT2D eigenvalue weighted by Gasteiger charge is -2.35. The van der Waals surface area contributed by atoms with Crippen molar-refractivity contribution in [2.75, 3.05) is 13.7 Å². The standard InChI is InChI=1S/C22H32N4O3/c1-4-5-8-29-18-10-15-6-7-16(11-18)19(15)25-22(27)20-21-24-17(12-28-3)9-14(2)26(21)13-23-20/h9,13,15-16,18-19H,4-8,10-12H2,1-3H3,(H,25,27)/t15-,16+,18?,19?. The van der Waals surface area contributed by atoms with Crippen LogP contribution in [-0.2, 0) is 16.1 Å². The first-order chi connectivity index (χ1) is 14.1. The number of unbranched alkanes of at least 4 members (excludes halogenated alkanes) is 1. The van der Waals surface area contributed by atoms with Gasteiger partial charge in [0.25, 0.3) is 5.91 Å². The van der Waals surface area contributed by atoms with Crippen molar-refractivity contribution in [1.82, 2.24) is 19.7 Å². The third kappa shape index (κ3) is 4.16. The van der Waals surface area contributed by atoms with E-state index in [1.165, 1.54) is 12.8 Å². The Kier molecular flexibility index (Phi) is 6.15. The van der Waals surface area contributed by atoms with Gasteiger partial charge in [-0.15, -0.1) is 0 Å². The maximum atomic E-state index is 13.1. The van der Waals surface area contributed by atoms with Crippen molar-refractivity contribution < 1.29 is 14.3 Å². The van der Waals surface area contributed by atoms with E-state index in [2.05, 4.69) is 22.2 Å². The number of hydrogen-bond donors (Lipinski definition) is 1. The van der Waals surface area contributed by atoms with Gasteiger partial charge in [-0.25, -0.2) is 9.97 Å². The van der Waals surface area contributed by atoms with Crippen LogP contribution in [0, 0.1) is 18.8 Å². The van der Waals surface area contributed by atoms with Gasteiger partial charge < -0.3 is 14.8 Å². The summed E-state index contributed by atoms with van der Waals surface area (Å²) >= 11 is 0. The van der Waals surface area contributed by atoms with Gasteiger partial charge in [0.15, 0.2) is 11.3 Å². The third-order valence-electron chi connectivity index (χ3n) is 6.46. The minimum absolute atomic E-state index is 0.124. The van der Waals surface area contributed by atoms with Crippen LogP contribution in [0.1, 0.15) is 67.3 Å². The van der Waals surface area contributed by atoms with E-state index in [1.807, 2.05) is 17.4 Å². The topological polar surface area (TPSA) is 77.8 Å². The highest BCUT2D eigenvalue weighted by atomic mass is 16.5. The van der Waals surface area contributed by atoms with E-state index < -0.39 is 0 Å². The molecule has 29 heavy (non-hydrogen) atoms. The van der Waals surface area contributed by atoms with Crippen LogP contribution in [0.3, 0.4) is 0 Å². The van der Waals surface area contributed by atoms with Gasteiger partial charge in [0.05, 0.1) is 18.4 Å². The zero-order chi connectivity index (χ0) is 20.4. The molecule has 2 bridgehead atoms. The Hall–Kier alpha value is -1.99. The Morgan fingerprint density at radius 1 is 1.31 bits per heavy atom. The second-order valence-corrected chi connectivity index (χ2v) is 8.52. The molecule has 2 heterocycles. The van der Waals surface area contributed by atoms with Crippen LogP contribution in [-0.4, -0.2) is 46.1 Å². The molecule has 0 spiro atoms. The summed E-state index contributed by atoms with van der Waals surface area (Å²) in [5, 5.41) is 3.29. The summed E-state index contributed by atoms with van der Waals surface area (Å²) in [7, 11) is 1.64. The first-order valence-corrected chi connectivity index (χ1v) is 10.9. The third-order valence-corrected chi connectivity index (χ3v) is 6.46. The van der Waals surface area contributed by atoms with Crippen LogP contribution < -0.4 is 5.32 Å². The van der Waals surface area contributed by atoms with Crippen LogP contribution in [0.15, 0.2) is 12.4 Å². The Morgan fingerprint density at radius 2 is 2.07 bits per heavy atom. The fourth-order valence-electron chi connectivity index (χ4n) is 5.03. The molecule has 2 aromatic heterocycles. The average Bonchev–Trinajstić information content (AvgIpc) is 3.21. The zero-order valence-electron chi connectivity index (χ0n) is 17.7. The predicted octanol–water partition coefficient (Wildman–Crippen LogP) is 3.29. The van der Waals surface area contributed by atoms with Gasteiger partial charge in [0, 0.05) is 25.5 Å². The van der Waals surface area contributed by atoms with Crippen molar-refractivity contribution in [3.63, 3.8) is 0 Å². The molecule has 0 aliphatic heterocycles. The van der Waals surface area contributed by atoms with E-state index in [4.69, 9.17) is 9.47 Å². The molecule has 2 aliphatic rings. The number of aryl methyl sites for hydroxylation is 1. The molecule has 0 aromatic carbocycles. The molecular formula is C22H32N4O3. The molecule has 2 aromatic rings. The van der Waals surface area contributed by atoms with Crippen molar-refractivity contribution in [2.24, 2.45) is 11.8 Å². The predicted molar refractivity (Wildman–Crippen MR) is 110 cm³/mol. The van der Waals surface area contributed by atoms with E-state index in [-0.39, 0.29) is 11.9 Å². The number of hydrogen-bond acceptors (Lipinski definition) is 5. The summed E-state index contributed by atoms with van der Waals surface area (Å²) in [6.07, 6.45) is 8.74. The van der Waals surface area contributed by atoms with Crippen LogP contribution in [0.2, 0.25) is 0 Å². The lowest BCUT2D eigenvalue weighted by atomic mass is 9.82. The molecule has 4 rings (SSSR count). The summed E-state index contributed by atoms with van der Waals surface area (Å²) in [5.74, 6) is 0.870. The van der Waals surface area contributed by atoms with Gasteiger partial charge in [-0.1, -0.05) is 13.3 Å². The largest absolute Gasteiger partial charge is 0.378 e. The van der Waals surface area contributed by atoms with E-state index in [9.17, 15) is 4.79 Å². The molecule has 2 aliphatic carbocycles. The number of aromatic nitrogens is 3. The van der Waals surface area contributed by atoms with Crippen molar-refractivity contribution >= 4 is 11.6 Å². The van der Waals surface area contributed by atoms with E-state index in [0.29, 0.717) is 35.9 Å². The Morgan fingerprint density at radius 3 is 2.76 bits per heavy atom. The number of rotatable bonds is 8. The van der Waals surface area contributed by atoms with Gasteiger partial charge >= 0.3 is 0 Å². The lowest BCUT2D eigenvalue weighted by Crippen LogP contribution is -2.46. The highest BCUT2D eigenvalue weighted by molar-refractivity contribution is 5.98. The minimum Gasteiger partial charge on any atom is -0.378 e. The SMILES string of the molecule is CCCCOC1C[C@H]2CC[C@@H](C1)C2NC(=O)c1ncn2c(C)cc(COC)nc12. The normalized spacial score (nSPS) is 26.2. The lowest BCUT2D eigenvalue weighted by molar-refractivity contribution is -0.00121. The second-order valence-electron chi connectivity index (χ2n) is 8.52. The molecule has 2 saturated carbocycles. The summed E-state index contributed by atoms with van der Waals surface area (Å²) in [4.78, 5) is 22.1. The summed E-state index contributed by atoms with van der Waals surface area (Å²) in [6, 6.07) is 2.17. The Bertz CT molecular complexity index is 851. The molecule has 7 heteroatoms. The van der Waals surface area contributed by atoms with Crippen molar-refractivity contribution in [3.05, 3.63) is 29.5 Å². The molecule has 4 atom stereocenters. The fourth-order valence-corrected chi connectivity index (χ4v) is 5.03. The summed E-state index contributed by atoms with van der Waals surface area (Å²) in [5.41, 5.74) is 2.78. The first-order valence-electron chi connectivity index (χ1n) is 10.9. The van der Waals surface area contributed by atoms with E-state index in [0.717, 1.165) is 43.7 Å². The molecule has 0 saturated heterocycles. The number of methoxy groups -OCH3 is 1. The smallest absolute Gasteiger partial charge is 0.274 e. The van der Waals surface area contributed by atoms with Crippen molar-refractivity contribution in [1.29, 1.82) is 0 Å². The fraction of sp³-hybridized carbons (Fsp3) is 0.682. The number of imidazole rings is 1. The summed E-state index contributed by atoms with van der Waals surface area (Å²) in [6.45, 7) is 5.44. The van der Waals surface area contributed by atoms with Crippen LogP contribution >= 0.6 is 0 Å². The maximum Gasteiger partial charge on any atom is 0.274 e. The van der Waals surface area contributed by atoms with E-state index >= 15 is 0 Å². The highest BCUT2D eigenvalue weighted by Gasteiger charge is 2.44. The quantitative estimate of drug-likeness (QED) is 0.688. The number of nitrogens with zero attached hydrogens (tertiary/aromatic N) is 3. The van der Waals surface area contributed by atoms with Crippen LogP contribution in [0.5, 0.6) is 0 Å². The number of fused-ring (bicyclic) bond motifs is 3. The monoisotopic (exact) mass is 400 g/mol. The number of nitrogens with one attached hydrogen (secondary N) is 1. The number of amides is 1. The van der Waals surface area contributed by atoms with Crippen molar-refractivity contribution in [3.8, 4) is 0 Å². The molecule has 158 valence electrons. The van der Waals surface area contributed by atoms with Gasteiger partial charge in [0.1, 0.15) is 6.33 Å². The van der Waals surface area contributed by atoms with Gasteiger partial charge in [-0.3, -0.25) is 9.20 Å². The number of ether oxygens (including phenoxy) is 2. The first kappa shape index (κ1) is 20.3. The minimum atomic E-state index is -0.124.